The molecular formula is C20H23NO5S. The fourth-order valence-electron chi connectivity index (χ4n) is 3.05. The number of nitrogens with zero attached hydrogens (tertiary/aromatic N) is 1. The average molecular weight is 389 g/mol. The number of carbonyl (C=O) groups is 1. The molecule has 2 aromatic rings. The van der Waals surface area contributed by atoms with Crippen LogP contribution in [0.25, 0.3) is 0 Å². The van der Waals surface area contributed by atoms with E-state index in [0.717, 1.165) is 5.56 Å². The third-order valence-corrected chi connectivity index (χ3v) is 6.17. The van der Waals surface area contributed by atoms with Gasteiger partial charge in [0.1, 0.15) is 6.61 Å². The minimum absolute atomic E-state index is 0.156. The third kappa shape index (κ3) is 4.74. The first-order valence-corrected chi connectivity index (χ1v) is 10.3. The summed E-state index contributed by atoms with van der Waals surface area (Å²) in [4.78, 5) is 12.3. The smallest absolute Gasteiger partial charge is 0.338 e. The summed E-state index contributed by atoms with van der Waals surface area (Å²) in [5.41, 5.74) is 1.20. The third-order valence-electron chi connectivity index (χ3n) is 4.33. The summed E-state index contributed by atoms with van der Waals surface area (Å²) < 4.78 is 37.9. The maximum atomic E-state index is 12.8. The Kier molecular flexibility index (Phi) is 5.94. The normalized spacial score (nSPS) is 21.0. The molecular weight excluding hydrogens is 366 g/mol. The van der Waals surface area contributed by atoms with Gasteiger partial charge in [0.05, 0.1) is 22.7 Å². The van der Waals surface area contributed by atoms with Gasteiger partial charge in [-0.3, -0.25) is 0 Å². The Hall–Kier alpha value is -2.22. The van der Waals surface area contributed by atoms with Crippen LogP contribution in [0.15, 0.2) is 59.5 Å². The molecule has 0 aliphatic carbocycles. The zero-order valence-corrected chi connectivity index (χ0v) is 16.2. The van der Waals surface area contributed by atoms with E-state index in [2.05, 4.69) is 0 Å². The molecule has 1 heterocycles. The molecule has 0 bridgehead atoms. The van der Waals surface area contributed by atoms with Gasteiger partial charge in [0.2, 0.25) is 10.0 Å². The molecule has 0 radical (unpaired) electrons. The van der Waals surface area contributed by atoms with Crippen molar-refractivity contribution in [3.8, 4) is 0 Å². The predicted octanol–water partition coefficient (Wildman–Crippen LogP) is 2.84. The monoisotopic (exact) mass is 389 g/mol. The Morgan fingerprint density at radius 1 is 1.04 bits per heavy atom. The number of hydrogen-bond donors (Lipinski definition) is 0. The molecule has 2 aromatic carbocycles. The summed E-state index contributed by atoms with van der Waals surface area (Å²) in [7, 11) is -3.62. The maximum Gasteiger partial charge on any atom is 0.338 e. The van der Waals surface area contributed by atoms with E-state index in [1.165, 1.54) is 28.6 Å². The molecule has 1 saturated heterocycles. The summed E-state index contributed by atoms with van der Waals surface area (Å²) in [5.74, 6) is -0.489. The fraction of sp³-hybridized carbons (Fsp3) is 0.350. The van der Waals surface area contributed by atoms with Gasteiger partial charge >= 0.3 is 5.97 Å². The van der Waals surface area contributed by atoms with Gasteiger partial charge in [0, 0.05) is 13.1 Å². The lowest BCUT2D eigenvalue weighted by atomic mass is 10.2. The molecule has 27 heavy (non-hydrogen) atoms. The largest absolute Gasteiger partial charge is 0.457 e. The minimum atomic E-state index is -3.62. The van der Waals surface area contributed by atoms with E-state index in [-0.39, 0.29) is 23.7 Å². The summed E-state index contributed by atoms with van der Waals surface area (Å²) in [6.07, 6.45) is -0.313. The van der Waals surface area contributed by atoms with Gasteiger partial charge < -0.3 is 9.47 Å². The minimum Gasteiger partial charge on any atom is -0.457 e. The first-order chi connectivity index (χ1) is 12.9. The van der Waals surface area contributed by atoms with Crippen LogP contribution in [0.5, 0.6) is 0 Å². The highest BCUT2D eigenvalue weighted by atomic mass is 32.2. The molecule has 1 fully saturated rings. The highest BCUT2D eigenvalue weighted by molar-refractivity contribution is 7.89. The van der Waals surface area contributed by atoms with E-state index in [9.17, 15) is 13.2 Å². The van der Waals surface area contributed by atoms with Crippen molar-refractivity contribution in [3.63, 3.8) is 0 Å². The lowest BCUT2D eigenvalue weighted by molar-refractivity contribution is -0.0440. The van der Waals surface area contributed by atoms with Crippen molar-refractivity contribution in [2.75, 3.05) is 13.1 Å². The Morgan fingerprint density at radius 2 is 1.63 bits per heavy atom. The van der Waals surface area contributed by atoms with Gasteiger partial charge in [0.15, 0.2) is 0 Å². The second-order valence-electron chi connectivity index (χ2n) is 6.67. The highest BCUT2D eigenvalue weighted by Crippen LogP contribution is 2.21. The van der Waals surface area contributed by atoms with Crippen molar-refractivity contribution < 1.29 is 22.7 Å². The SMILES string of the molecule is CC1CN(S(=O)(=O)c2ccc(C(=O)OCc3ccccc3)cc2)CC(C)O1. The molecule has 2 unspecified atom stereocenters. The second-order valence-corrected chi connectivity index (χ2v) is 8.60. The van der Waals surface area contributed by atoms with E-state index in [1.54, 1.807) is 0 Å². The van der Waals surface area contributed by atoms with Crippen LogP contribution in [0, 0.1) is 0 Å². The van der Waals surface area contributed by atoms with Crippen LogP contribution in [0.3, 0.4) is 0 Å². The van der Waals surface area contributed by atoms with Crippen LogP contribution in [-0.4, -0.2) is 44.0 Å². The number of sulfonamides is 1. The predicted molar refractivity (Wildman–Crippen MR) is 101 cm³/mol. The van der Waals surface area contributed by atoms with Crippen molar-refractivity contribution >= 4 is 16.0 Å². The van der Waals surface area contributed by atoms with E-state index >= 15 is 0 Å². The van der Waals surface area contributed by atoms with Crippen molar-refractivity contribution in [3.05, 3.63) is 65.7 Å². The number of esters is 1. The molecule has 0 amide bonds. The van der Waals surface area contributed by atoms with Gasteiger partial charge in [-0.05, 0) is 43.7 Å². The van der Waals surface area contributed by atoms with Crippen molar-refractivity contribution in [2.45, 2.75) is 37.6 Å². The van der Waals surface area contributed by atoms with Gasteiger partial charge in [0.25, 0.3) is 0 Å². The second kappa shape index (κ2) is 8.21. The van der Waals surface area contributed by atoms with E-state index in [1.807, 2.05) is 44.2 Å². The van der Waals surface area contributed by atoms with Gasteiger partial charge in [-0.15, -0.1) is 0 Å². The number of ether oxygens (including phenoxy) is 2. The quantitative estimate of drug-likeness (QED) is 0.736. The summed E-state index contributed by atoms with van der Waals surface area (Å²) >= 11 is 0. The van der Waals surface area contributed by atoms with Crippen LogP contribution >= 0.6 is 0 Å². The molecule has 144 valence electrons. The van der Waals surface area contributed by atoms with Crippen LogP contribution in [0.2, 0.25) is 0 Å². The number of rotatable bonds is 5. The maximum absolute atomic E-state index is 12.8. The topological polar surface area (TPSA) is 72.9 Å². The number of hydrogen-bond acceptors (Lipinski definition) is 5. The van der Waals surface area contributed by atoms with Crippen molar-refractivity contribution in [2.24, 2.45) is 0 Å². The molecule has 0 aromatic heterocycles. The van der Waals surface area contributed by atoms with Gasteiger partial charge in [-0.1, -0.05) is 30.3 Å². The Bertz CT molecular complexity index is 870. The van der Waals surface area contributed by atoms with Crippen LogP contribution < -0.4 is 0 Å². The summed E-state index contributed by atoms with van der Waals surface area (Å²) in [6, 6.07) is 15.2. The molecule has 1 aliphatic heterocycles. The molecule has 1 aliphatic rings. The highest BCUT2D eigenvalue weighted by Gasteiger charge is 2.32. The molecule has 2 atom stereocenters. The standard InChI is InChI=1S/C20H23NO5S/c1-15-12-21(13-16(2)26-15)27(23,24)19-10-8-18(9-11-19)20(22)25-14-17-6-4-3-5-7-17/h3-11,15-16H,12-14H2,1-2H3. The van der Waals surface area contributed by atoms with Crippen LogP contribution in [0.4, 0.5) is 0 Å². The summed E-state index contributed by atoms with van der Waals surface area (Å²) in [5, 5.41) is 0. The molecule has 6 nitrogen and oxygen atoms in total. The zero-order chi connectivity index (χ0) is 19.4. The van der Waals surface area contributed by atoms with Gasteiger partial charge in [-0.2, -0.15) is 4.31 Å². The lowest BCUT2D eigenvalue weighted by Gasteiger charge is -2.34. The van der Waals surface area contributed by atoms with E-state index in [4.69, 9.17) is 9.47 Å². The molecule has 7 heteroatoms. The zero-order valence-electron chi connectivity index (χ0n) is 15.4. The number of benzene rings is 2. The van der Waals surface area contributed by atoms with Gasteiger partial charge in [-0.25, -0.2) is 13.2 Å². The fourth-order valence-corrected chi connectivity index (χ4v) is 4.64. The summed E-state index contributed by atoms with van der Waals surface area (Å²) in [6.45, 7) is 4.50. The number of carbonyl (C=O) groups excluding carboxylic acids is 1. The Labute approximate surface area is 159 Å². The van der Waals surface area contributed by atoms with Crippen molar-refractivity contribution in [1.29, 1.82) is 0 Å². The number of morpholine rings is 1. The molecule has 0 N–H and O–H groups in total. The first kappa shape index (κ1) is 19.5. The molecule has 3 rings (SSSR count). The average Bonchev–Trinajstić information content (AvgIpc) is 2.66. The van der Waals surface area contributed by atoms with Crippen LogP contribution in [0.1, 0.15) is 29.8 Å². The van der Waals surface area contributed by atoms with E-state index < -0.39 is 16.0 Å². The first-order valence-electron chi connectivity index (χ1n) is 8.83. The Morgan fingerprint density at radius 3 is 2.22 bits per heavy atom. The molecule has 0 saturated carbocycles. The van der Waals surface area contributed by atoms with Crippen LogP contribution in [-0.2, 0) is 26.1 Å². The molecule has 0 spiro atoms. The van der Waals surface area contributed by atoms with Crippen molar-refractivity contribution in [1.82, 2.24) is 4.31 Å². The van der Waals surface area contributed by atoms with E-state index in [0.29, 0.717) is 18.7 Å². The Balaban J connectivity index is 1.68. The lowest BCUT2D eigenvalue weighted by Crippen LogP contribution is -2.48.